The summed E-state index contributed by atoms with van der Waals surface area (Å²) in [5.74, 6) is -0.946. The molecule has 0 unspecified atom stereocenters. The van der Waals surface area contributed by atoms with Gasteiger partial charge in [0.2, 0.25) is 0 Å². The van der Waals surface area contributed by atoms with Gasteiger partial charge in [0.1, 0.15) is 5.75 Å². The highest BCUT2D eigenvalue weighted by molar-refractivity contribution is 5.65. The number of alkyl halides is 2. The van der Waals surface area contributed by atoms with Crippen molar-refractivity contribution in [2.75, 3.05) is 20.2 Å². The number of ether oxygens (including phenoxy) is 2. The molecular weight excluding hydrogens is 364 g/mol. The molecule has 0 amide bonds. The van der Waals surface area contributed by atoms with Crippen LogP contribution in [0, 0.1) is 11.8 Å². The van der Waals surface area contributed by atoms with Gasteiger partial charge in [-0.3, -0.25) is 4.90 Å². The second-order valence-corrected chi connectivity index (χ2v) is 9.54. The molecule has 1 aromatic carbocycles. The van der Waals surface area contributed by atoms with Gasteiger partial charge in [-0.1, -0.05) is 6.42 Å². The average molecular weight is 391 g/mol. The zero-order valence-corrected chi connectivity index (χ0v) is 16.2. The van der Waals surface area contributed by atoms with Gasteiger partial charge in [-0.2, -0.15) is 0 Å². The predicted octanol–water partition coefficient (Wildman–Crippen LogP) is 3.88. The quantitative estimate of drug-likeness (QED) is 0.849. The Kier molecular flexibility index (Phi) is 3.42. The van der Waals surface area contributed by atoms with Crippen molar-refractivity contribution in [2.24, 2.45) is 11.8 Å². The number of rotatable bonds is 3. The maximum absolute atomic E-state index is 15.1. The lowest BCUT2D eigenvalue weighted by Crippen LogP contribution is -2.68. The second kappa shape index (κ2) is 5.53. The minimum absolute atomic E-state index is 0.116. The highest BCUT2D eigenvalue weighted by Gasteiger charge is 2.71. The Morgan fingerprint density at radius 2 is 2.11 bits per heavy atom. The van der Waals surface area contributed by atoms with E-state index in [0.29, 0.717) is 24.3 Å². The van der Waals surface area contributed by atoms with Crippen LogP contribution in [-0.4, -0.2) is 48.3 Å². The van der Waals surface area contributed by atoms with Crippen molar-refractivity contribution in [3.63, 3.8) is 0 Å². The molecule has 3 fully saturated rings. The Morgan fingerprint density at radius 3 is 2.82 bits per heavy atom. The Bertz CT molecular complexity index is 840. The maximum Gasteiger partial charge on any atom is 0.285 e. The normalized spacial score (nSPS) is 37.8. The number of hydrogen-bond acceptors (Lipinski definition) is 4. The highest BCUT2D eigenvalue weighted by Crippen LogP contribution is 2.67. The Hall–Kier alpha value is -1.56. The largest absolute Gasteiger partial charge is 0.508 e. The summed E-state index contributed by atoms with van der Waals surface area (Å²) in [6.45, 7) is 1.91. The number of aromatic hydroxyl groups is 1. The average Bonchev–Trinajstić information content (AvgIpc) is 2.97. The van der Waals surface area contributed by atoms with Crippen molar-refractivity contribution in [3.05, 3.63) is 17.2 Å². The Balaban J connectivity index is 1.52. The summed E-state index contributed by atoms with van der Waals surface area (Å²) in [7, 11) is 1.50. The number of phenolic OH excluding ortho intramolecular Hbond substituents is 1. The zero-order valence-electron chi connectivity index (χ0n) is 16.2. The van der Waals surface area contributed by atoms with Crippen LogP contribution in [0.15, 0.2) is 6.07 Å². The van der Waals surface area contributed by atoms with Gasteiger partial charge >= 0.3 is 0 Å². The number of likely N-dealkylation sites (tertiary alicyclic amines) is 1. The van der Waals surface area contributed by atoms with Gasteiger partial charge in [0.05, 0.1) is 7.11 Å². The van der Waals surface area contributed by atoms with Crippen LogP contribution >= 0.6 is 0 Å². The van der Waals surface area contributed by atoms with E-state index in [-0.39, 0.29) is 24.1 Å². The van der Waals surface area contributed by atoms with Gasteiger partial charge in [-0.05, 0) is 50.5 Å². The topological polar surface area (TPSA) is 41.9 Å². The molecule has 2 heterocycles. The second-order valence-electron chi connectivity index (χ2n) is 9.54. The van der Waals surface area contributed by atoms with E-state index < -0.39 is 17.4 Å². The van der Waals surface area contributed by atoms with Crippen LogP contribution in [0.25, 0.3) is 0 Å². The molecule has 5 aliphatic rings. The first kappa shape index (κ1) is 17.3. The molecule has 2 aliphatic heterocycles. The third-order valence-electron chi connectivity index (χ3n) is 8.43. The number of nitrogens with zero attached hydrogens (tertiary/aromatic N) is 1. The fraction of sp³-hybridized carbons (Fsp3) is 0.727. The highest BCUT2D eigenvalue weighted by atomic mass is 19.3. The van der Waals surface area contributed by atoms with Crippen molar-refractivity contribution in [1.29, 1.82) is 0 Å². The van der Waals surface area contributed by atoms with Gasteiger partial charge in [-0.25, -0.2) is 8.78 Å². The first-order valence-electron chi connectivity index (χ1n) is 10.7. The van der Waals surface area contributed by atoms with E-state index in [2.05, 4.69) is 4.90 Å². The molecule has 3 aliphatic carbocycles. The molecule has 1 spiro atoms. The van der Waals surface area contributed by atoms with Crippen LogP contribution in [0.3, 0.4) is 0 Å². The van der Waals surface area contributed by atoms with Crippen molar-refractivity contribution in [1.82, 2.24) is 4.90 Å². The molecule has 6 rings (SSSR count). The van der Waals surface area contributed by atoms with Crippen LogP contribution in [0.5, 0.6) is 17.2 Å². The van der Waals surface area contributed by atoms with Gasteiger partial charge < -0.3 is 14.6 Å². The molecule has 4 atom stereocenters. The van der Waals surface area contributed by atoms with Crippen LogP contribution in [0.2, 0.25) is 0 Å². The first-order valence-corrected chi connectivity index (χ1v) is 10.7. The smallest absolute Gasteiger partial charge is 0.285 e. The number of hydrogen-bond donors (Lipinski definition) is 1. The lowest BCUT2D eigenvalue weighted by atomic mass is 9.51. The van der Waals surface area contributed by atoms with Crippen molar-refractivity contribution in [2.45, 2.75) is 68.4 Å². The number of piperidine rings is 1. The maximum atomic E-state index is 15.1. The predicted molar refractivity (Wildman–Crippen MR) is 99.4 cm³/mol. The monoisotopic (exact) mass is 391 g/mol. The Labute approximate surface area is 163 Å². The minimum Gasteiger partial charge on any atom is -0.508 e. The summed E-state index contributed by atoms with van der Waals surface area (Å²) in [6, 6.07) is 1.77. The van der Waals surface area contributed by atoms with E-state index >= 15 is 8.78 Å². The Morgan fingerprint density at radius 1 is 1.29 bits per heavy atom. The van der Waals surface area contributed by atoms with E-state index in [1.54, 1.807) is 6.07 Å². The first-order chi connectivity index (χ1) is 13.5. The molecular formula is C22H27F2NO3. The molecule has 28 heavy (non-hydrogen) atoms. The van der Waals surface area contributed by atoms with E-state index in [0.717, 1.165) is 36.6 Å². The lowest BCUT2D eigenvalue weighted by molar-refractivity contribution is -0.183. The summed E-state index contributed by atoms with van der Waals surface area (Å²) in [5.41, 5.74) is 0.950. The van der Waals surface area contributed by atoms with Crippen LogP contribution in [-0.2, 0) is 11.8 Å². The molecule has 0 radical (unpaired) electrons. The SMILES string of the molecule is COc1cc(O)c2c3c1O[C@H]1C(F)(F)CC[C@H]4[C@@H](C2)N(CC2CCC2)CC[C@@]341. The molecule has 1 saturated heterocycles. The molecule has 2 saturated carbocycles. The molecule has 2 bridgehead atoms. The third-order valence-corrected chi connectivity index (χ3v) is 8.43. The van der Waals surface area contributed by atoms with Crippen molar-refractivity contribution < 1.29 is 23.4 Å². The fourth-order valence-corrected chi connectivity index (χ4v) is 7.01. The van der Waals surface area contributed by atoms with Crippen LogP contribution in [0.4, 0.5) is 8.78 Å². The van der Waals surface area contributed by atoms with E-state index in [1.807, 2.05) is 0 Å². The molecule has 152 valence electrons. The molecule has 1 aromatic rings. The molecule has 1 N–H and O–H groups in total. The number of methoxy groups -OCH3 is 1. The summed E-state index contributed by atoms with van der Waals surface area (Å²) >= 11 is 0. The van der Waals surface area contributed by atoms with Gasteiger partial charge in [-0.15, -0.1) is 0 Å². The summed E-state index contributed by atoms with van der Waals surface area (Å²) in [4.78, 5) is 2.55. The summed E-state index contributed by atoms with van der Waals surface area (Å²) in [6.07, 6.45) is 4.54. The zero-order chi connectivity index (χ0) is 19.3. The summed E-state index contributed by atoms with van der Waals surface area (Å²) in [5, 5.41) is 10.8. The standard InChI is InChI=1S/C22H27F2NO3/c1-27-17-10-16(26)13-9-15-14-5-6-22(23,24)20-21(14,18(13)19(17)28-20)7-8-25(15)11-12-3-2-4-12/h10,12,14-15,20,26H,2-9,11H2,1H3/t14-,15+,20+,21-/m0/s1. The van der Waals surface area contributed by atoms with Crippen LogP contribution in [0.1, 0.15) is 49.7 Å². The van der Waals surface area contributed by atoms with Crippen molar-refractivity contribution in [3.8, 4) is 17.2 Å². The van der Waals surface area contributed by atoms with E-state index in [9.17, 15) is 5.11 Å². The van der Waals surface area contributed by atoms with Crippen LogP contribution < -0.4 is 9.47 Å². The van der Waals surface area contributed by atoms with E-state index in [4.69, 9.17) is 9.47 Å². The third kappa shape index (κ3) is 1.98. The van der Waals surface area contributed by atoms with Crippen molar-refractivity contribution >= 4 is 0 Å². The number of phenols is 1. The number of halogens is 2. The molecule has 0 aromatic heterocycles. The summed E-state index contributed by atoms with van der Waals surface area (Å²) < 4.78 is 41.6. The fourth-order valence-electron chi connectivity index (χ4n) is 7.01. The van der Waals surface area contributed by atoms with Gasteiger partial charge in [0, 0.05) is 41.6 Å². The number of benzene rings is 1. The van der Waals surface area contributed by atoms with Gasteiger partial charge in [0.25, 0.3) is 5.92 Å². The lowest BCUT2D eigenvalue weighted by Gasteiger charge is -2.60. The van der Waals surface area contributed by atoms with E-state index in [1.165, 1.54) is 26.4 Å². The van der Waals surface area contributed by atoms with Gasteiger partial charge in [0.15, 0.2) is 17.6 Å². The molecule has 4 nitrogen and oxygen atoms in total. The minimum atomic E-state index is -2.86. The molecule has 6 heteroatoms.